The first-order valence-corrected chi connectivity index (χ1v) is 6.50. The Morgan fingerprint density at radius 3 is 2.47 bits per heavy atom. The van der Waals surface area contributed by atoms with E-state index in [9.17, 15) is 4.79 Å². The summed E-state index contributed by atoms with van der Waals surface area (Å²) in [6, 6.07) is 0. The Labute approximate surface area is 104 Å². The Bertz CT molecular complexity index is 303. The van der Waals surface area contributed by atoms with E-state index in [0.717, 1.165) is 50.0 Å². The van der Waals surface area contributed by atoms with Gasteiger partial charge in [0.15, 0.2) is 0 Å². The summed E-state index contributed by atoms with van der Waals surface area (Å²) in [6.07, 6.45) is 3.86. The summed E-state index contributed by atoms with van der Waals surface area (Å²) in [4.78, 5) is 11.7. The molecule has 0 atom stereocenters. The van der Waals surface area contributed by atoms with Gasteiger partial charge in [-0.25, -0.2) is 4.79 Å². The van der Waals surface area contributed by atoms with E-state index in [-0.39, 0.29) is 5.97 Å². The summed E-state index contributed by atoms with van der Waals surface area (Å²) in [6.45, 7) is 9.60. The highest BCUT2D eigenvalue weighted by Gasteiger charge is 2.36. The third-order valence-electron chi connectivity index (χ3n) is 3.26. The molecule has 17 heavy (non-hydrogen) atoms. The van der Waals surface area contributed by atoms with Gasteiger partial charge in [0.05, 0.1) is 0 Å². The molecule has 0 aromatic carbocycles. The molecular formula is C14H24O3. The lowest BCUT2D eigenvalue weighted by atomic mass is 9.95. The summed E-state index contributed by atoms with van der Waals surface area (Å²) < 4.78 is 10.7. The van der Waals surface area contributed by atoms with Crippen LogP contribution in [0.4, 0.5) is 0 Å². The molecule has 1 aliphatic rings. The predicted molar refractivity (Wildman–Crippen MR) is 67.8 cm³/mol. The molecule has 0 amide bonds. The second-order valence-corrected chi connectivity index (χ2v) is 5.07. The average Bonchev–Trinajstić information content (AvgIpc) is 2.44. The van der Waals surface area contributed by atoms with E-state index in [1.807, 2.05) is 20.8 Å². The molecule has 0 bridgehead atoms. The second kappa shape index (κ2) is 6.20. The number of unbranched alkanes of at least 4 members (excludes halogenated alkanes) is 1. The van der Waals surface area contributed by atoms with Crippen molar-refractivity contribution in [1.29, 1.82) is 0 Å². The number of cyclic esters (lactones) is 1. The molecule has 0 radical (unpaired) electrons. The van der Waals surface area contributed by atoms with Gasteiger partial charge in [-0.05, 0) is 52.0 Å². The molecule has 1 aliphatic heterocycles. The minimum atomic E-state index is -0.412. The van der Waals surface area contributed by atoms with Gasteiger partial charge in [0.2, 0.25) is 0 Å². The Morgan fingerprint density at radius 2 is 1.94 bits per heavy atom. The largest absolute Gasteiger partial charge is 0.452 e. The van der Waals surface area contributed by atoms with Crippen LogP contribution in [0.2, 0.25) is 0 Å². The SMILES string of the molecule is CCCOCCCCC1=C(C)C(C)(C)OC1=O. The summed E-state index contributed by atoms with van der Waals surface area (Å²) in [5.74, 6) is -0.137. The molecule has 3 heteroatoms. The minimum Gasteiger partial charge on any atom is -0.452 e. The van der Waals surface area contributed by atoms with Gasteiger partial charge in [-0.15, -0.1) is 0 Å². The van der Waals surface area contributed by atoms with Crippen LogP contribution in [0.25, 0.3) is 0 Å². The van der Waals surface area contributed by atoms with Crippen molar-refractivity contribution in [3.05, 3.63) is 11.1 Å². The van der Waals surface area contributed by atoms with E-state index < -0.39 is 5.60 Å². The maximum atomic E-state index is 11.7. The summed E-state index contributed by atoms with van der Waals surface area (Å²) in [7, 11) is 0. The maximum absolute atomic E-state index is 11.7. The molecule has 1 rings (SSSR count). The number of esters is 1. The molecule has 1 heterocycles. The topological polar surface area (TPSA) is 35.5 Å². The fourth-order valence-electron chi connectivity index (χ4n) is 1.93. The molecule has 0 aromatic heterocycles. The zero-order valence-corrected chi connectivity index (χ0v) is 11.5. The molecule has 0 fully saturated rings. The van der Waals surface area contributed by atoms with Crippen LogP contribution in [-0.4, -0.2) is 24.8 Å². The zero-order valence-electron chi connectivity index (χ0n) is 11.5. The lowest BCUT2D eigenvalue weighted by Gasteiger charge is -2.18. The molecule has 98 valence electrons. The van der Waals surface area contributed by atoms with Gasteiger partial charge < -0.3 is 9.47 Å². The Kier molecular flexibility index (Phi) is 5.19. The zero-order chi connectivity index (χ0) is 12.9. The van der Waals surface area contributed by atoms with E-state index in [1.165, 1.54) is 0 Å². The Hall–Kier alpha value is -0.830. The van der Waals surface area contributed by atoms with Crippen LogP contribution < -0.4 is 0 Å². The first-order chi connectivity index (χ1) is 7.99. The Balaban J connectivity index is 2.32. The van der Waals surface area contributed by atoms with Crippen molar-refractivity contribution in [1.82, 2.24) is 0 Å². The first kappa shape index (κ1) is 14.2. The summed E-state index contributed by atoms with van der Waals surface area (Å²) in [5, 5.41) is 0. The van der Waals surface area contributed by atoms with Gasteiger partial charge in [0.25, 0.3) is 0 Å². The second-order valence-electron chi connectivity index (χ2n) is 5.07. The van der Waals surface area contributed by atoms with Crippen molar-refractivity contribution in [3.8, 4) is 0 Å². The van der Waals surface area contributed by atoms with Crippen LogP contribution >= 0.6 is 0 Å². The van der Waals surface area contributed by atoms with Crippen LogP contribution in [0.15, 0.2) is 11.1 Å². The van der Waals surface area contributed by atoms with Crippen LogP contribution in [-0.2, 0) is 14.3 Å². The number of ether oxygens (including phenoxy) is 2. The normalized spacial score (nSPS) is 18.7. The molecular weight excluding hydrogens is 216 g/mol. The molecule has 3 nitrogen and oxygen atoms in total. The highest BCUT2D eigenvalue weighted by atomic mass is 16.6. The predicted octanol–water partition coefficient (Wildman–Crippen LogP) is 3.24. The third-order valence-corrected chi connectivity index (χ3v) is 3.26. The van der Waals surface area contributed by atoms with Crippen LogP contribution in [0, 0.1) is 0 Å². The molecule has 0 N–H and O–H groups in total. The number of hydrogen-bond donors (Lipinski definition) is 0. The number of rotatable bonds is 7. The van der Waals surface area contributed by atoms with Crippen molar-refractivity contribution in [2.75, 3.05) is 13.2 Å². The molecule has 0 aromatic rings. The van der Waals surface area contributed by atoms with E-state index in [4.69, 9.17) is 9.47 Å². The van der Waals surface area contributed by atoms with Gasteiger partial charge in [0, 0.05) is 18.8 Å². The summed E-state index contributed by atoms with van der Waals surface area (Å²) in [5.41, 5.74) is 1.54. The molecule has 0 aliphatic carbocycles. The van der Waals surface area contributed by atoms with E-state index in [0.29, 0.717) is 0 Å². The molecule has 0 spiro atoms. The van der Waals surface area contributed by atoms with Crippen molar-refractivity contribution in [2.24, 2.45) is 0 Å². The van der Waals surface area contributed by atoms with Crippen molar-refractivity contribution >= 4 is 5.97 Å². The van der Waals surface area contributed by atoms with Gasteiger partial charge in [0.1, 0.15) is 5.60 Å². The smallest absolute Gasteiger partial charge is 0.334 e. The lowest BCUT2D eigenvalue weighted by molar-refractivity contribution is -0.144. The highest BCUT2D eigenvalue weighted by molar-refractivity contribution is 5.92. The molecule has 0 saturated heterocycles. The highest BCUT2D eigenvalue weighted by Crippen LogP contribution is 2.33. The van der Waals surface area contributed by atoms with Crippen LogP contribution in [0.1, 0.15) is 53.4 Å². The molecule has 0 saturated carbocycles. The van der Waals surface area contributed by atoms with E-state index in [1.54, 1.807) is 0 Å². The lowest BCUT2D eigenvalue weighted by Crippen LogP contribution is -2.21. The van der Waals surface area contributed by atoms with Gasteiger partial charge in [-0.2, -0.15) is 0 Å². The maximum Gasteiger partial charge on any atom is 0.334 e. The fourth-order valence-corrected chi connectivity index (χ4v) is 1.93. The van der Waals surface area contributed by atoms with Crippen LogP contribution in [0.3, 0.4) is 0 Å². The van der Waals surface area contributed by atoms with Gasteiger partial charge in [-0.3, -0.25) is 0 Å². The quantitative estimate of drug-likeness (QED) is 0.506. The first-order valence-electron chi connectivity index (χ1n) is 6.50. The van der Waals surface area contributed by atoms with E-state index >= 15 is 0 Å². The number of carbonyl (C=O) groups is 1. The van der Waals surface area contributed by atoms with Gasteiger partial charge >= 0.3 is 5.97 Å². The Morgan fingerprint density at radius 1 is 1.24 bits per heavy atom. The monoisotopic (exact) mass is 240 g/mol. The van der Waals surface area contributed by atoms with Gasteiger partial charge in [-0.1, -0.05) is 6.92 Å². The van der Waals surface area contributed by atoms with Crippen molar-refractivity contribution in [3.63, 3.8) is 0 Å². The van der Waals surface area contributed by atoms with Crippen LogP contribution in [0.5, 0.6) is 0 Å². The van der Waals surface area contributed by atoms with Crippen molar-refractivity contribution in [2.45, 2.75) is 59.0 Å². The average molecular weight is 240 g/mol. The van der Waals surface area contributed by atoms with Crippen molar-refractivity contribution < 1.29 is 14.3 Å². The fraction of sp³-hybridized carbons (Fsp3) is 0.786. The molecule has 0 unspecified atom stereocenters. The number of carbonyl (C=O) groups excluding carboxylic acids is 1. The minimum absolute atomic E-state index is 0.137. The number of hydrogen-bond acceptors (Lipinski definition) is 3. The third kappa shape index (κ3) is 3.84. The standard InChI is InChI=1S/C14H24O3/c1-5-9-16-10-7-6-8-12-11(2)14(3,4)17-13(12)15/h5-10H2,1-4H3. The summed E-state index contributed by atoms with van der Waals surface area (Å²) >= 11 is 0. The van der Waals surface area contributed by atoms with E-state index in [2.05, 4.69) is 6.92 Å².